The van der Waals surface area contributed by atoms with Crippen molar-refractivity contribution >= 4 is 5.91 Å². The number of nitrogens with zero attached hydrogens (tertiary/aromatic N) is 1. The maximum absolute atomic E-state index is 11.8. The Morgan fingerprint density at radius 2 is 2.00 bits per heavy atom. The van der Waals surface area contributed by atoms with Gasteiger partial charge in [-0.3, -0.25) is 4.79 Å². The molecule has 0 radical (unpaired) electrons. The van der Waals surface area contributed by atoms with Crippen LogP contribution in [0.1, 0.15) is 24.9 Å². The average Bonchev–Trinajstić information content (AvgIpc) is 2.29. The largest absolute Gasteiger partial charge is 0.392 e. The highest BCUT2D eigenvalue weighted by Crippen LogP contribution is 2.14. The Balaban J connectivity index is 2.51. The summed E-state index contributed by atoms with van der Waals surface area (Å²) in [6.07, 6.45) is -0.260. The highest BCUT2D eigenvalue weighted by Gasteiger charge is 2.15. The van der Waals surface area contributed by atoms with Crippen LogP contribution in [0.2, 0.25) is 0 Å². The van der Waals surface area contributed by atoms with Gasteiger partial charge in [0.25, 0.3) is 0 Å². The predicted octanol–water partition coefficient (Wildman–Crippen LogP) is 0.916. The van der Waals surface area contributed by atoms with Gasteiger partial charge in [0.15, 0.2) is 0 Å². The minimum Gasteiger partial charge on any atom is -0.392 e. The fourth-order valence-corrected chi connectivity index (χ4v) is 1.66. The first-order valence-electron chi connectivity index (χ1n) is 5.73. The van der Waals surface area contributed by atoms with Gasteiger partial charge in [-0.1, -0.05) is 30.3 Å². The molecule has 1 aromatic carbocycles. The van der Waals surface area contributed by atoms with Crippen molar-refractivity contribution in [1.82, 2.24) is 4.90 Å². The first-order chi connectivity index (χ1) is 8.00. The Morgan fingerprint density at radius 1 is 1.41 bits per heavy atom. The number of carbonyl (C=O) groups is 1. The molecule has 1 aromatic rings. The second kappa shape index (κ2) is 6.37. The van der Waals surface area contributed by atoms with Crippen LogP contribution in [0.25, 0.3) is 0 Å². The second-order valence-electron chi connectivity index (χ2n) is 4.34. The number of aliphatic hydroxyl groups excluding tert-OH is 1. The smallest absolute Gasteiger partial charge is 0.224 e. The maximum atomic E-state index is 11.8. The van der Waals surface area contributed by atoms with Gasteiger partial charge in [-0.25, -0.2) is 0 Å². The van der Waals surface area contributed by atoms with Crippen LogP contribution in [0.5, 0.6) is 0 Å². The fraction of sp³-hybridized carbons (Fsp3) is 0.462. The van der Waals surface area contributed by atoms with Crippen molar-refractivity contribution in [2.45, 2.75) is 25.5 Å². The molecule has 0 saturated carbocycles. The number of likely N-dealkylation sites (N-methyl/N-ethyl adjacent to an activating group) is 1. The fourth-order valence-electron chi connectivity index (χ4n) is 1.66. The molecule has 4 heteroatoms. The summed E-state index contributed by atoms with van der Waals surface area (Å²) in [5, 5.41) is 9.20. The van der Waals surface area contributed by atoms with Gasteiger partial charge >= 0.3 is 0 Å². The molecule has 4 nitrogen and oxygen atoms in total. The van der Waals surface area contributed by atoms with E-state index in [-0.39, 0.29) is 18.4 Å². The van der Waals surface area contributed by atoms with Crippen molar-refractivity contribution in [2.24, 2.45) is 5.73 Å². The summed E-state index contributed by atoms with van der Waals surface area (Å²) < 4.78 is 0. The molecule has 1 amide bonds. The molecule has 2 unspecified atom stereocenters. The van der Waals surface area contributed by atoms with Crippen molar-refractivity contribution in [3.05, 3.63) is 35.9 Å². The van der Waals surface area contributed by atoms with Crippen molar-refractivity contribution in [2.75, 3.05) is 13.6 Å². The number of rotatable bonds is 5. The van der Waals surface area contributed by atoms with E-state index in [1.54, 1.807) is 14.0 Å². The number of hydrogen-bond acceptors (Lipinski definition) is 3. The Kier molecular flexibility index (Phi) is 5.12. The molecule has 0 aliphatic carbocycles. The van der Waals surface area contributed by atoms with E-state index in [2.05, 4.69) is 0 Å². The minimum absolute atomic E-state index is 0.0535. The third-order valence-corrected chi connectivity index (χ3v) is 2.59. The highest BCUT2D eigenvalue weighted by molar-refractivity contribution is 5.76. The number of carbonyl (C=O) groups excluding carboxylic acids is 1. The summed E-state index contributed by atoms with van der Waals surface area (Å²) in [6.45, 7) is 1.99. The molecule has 0 spiro atoms. The van der Waals surface area contributed by atoms with Gasteiger partial charge in [0.2, 0.25) is 5.91 Å². The predicted molar refractivity (Wildman–Crippen MR) is 67.3 cm³/mol. The standard InChI is InChI=1S/C13H20N2O2/c1-10(16)9-15(2)13(17)8-12(14)11-6-4-3-5-7-11/h3-7,10,12,16H,8-9,14H2,1-2H3. The highest BCUT2D eigenvalue weighted by atomic mass is 16.3. The molecule has 0 aliphatic rings. The molecule has 0 aromatic heterocycles. The van der Waals surface area contributed by atoms with Crippen molar-refractivity contribution in [3.8, 4) is 0 Å². The van der Waals surface area contributed by atoms with Crippen LogP contribution in [0.3, 0.4) is 0 Å². The van der Waals surface area contributed by atoms with Crippen LogP contribution < -0.4 is 5.73 Å². The van der Waals surface area contributed by atoms with Gasteiger partial charge in [0.05, 0.1) is 6.10 Å². The van der Waals surface area contributed by atoms with E-state index in [4.69, 9.17) is 5.73 Å². The number of aliphatic hydroxyl groups is 1. The van der Waals surface area contributed by atoms with Crippen LogP contribution in [-0.4, -0.2) is 35.6 Å². The van der Waals surface area contributed by atoms with Crippen LogP contribution in [0, 0.1) is 0 Å². The Hall–Kier alpha value is -1.39. The topological polar surface area (TPSA) is 66.6 Å². The van der Waals surface area contributed by atoms with E-state index in [1.807, 2.05) is 30.3 Å². The Bertz CT molecular complexity index is 352. The maximum Gasteiger partial charge on any atom is 0.224 e. The van der Waals surface area contributed by atoms with Gasteiger partial charge in [0, 0.05) is 26.1 Å². The van der Waals surface area contributed by atoms with Gasteiger partial charge in [-0.15, -0.1) is 0 Å². The van der Waals surface area contributed by atoms with Gasteiger partial charge in [0.1, 0.15) is 0 Å². The van der Waals surface area contributed by atoms with E-state index in [9.17, 15) is 9.90 Å². The zero-order valence-corrected chi connectivity index (χ0v) is 10.3. The molecule has 0 aliphatic heterocycles. The minimum atomic E-state index is -0.517. The Morgan fingerprint density at radius 3 is 2.53 bits per heavy atom. The van der Waals surface area contributed by atoms with E-state index in [1.165, 1.54) is 4.90 Å². The first-order valence-corrected chi connectivity index (χ1v) is 5.73. The molecule has 0 fully saturated rings. The lowest BCUT2D eigenvalue weighted by atomic mass is 10.0. The molecule has 3 N–H and O–H groups in total. The zero-order valence-electron chi connectivity index (χ0n) is 10.3. The molecular weight excluding hydrogens is 216 g/mol. The molecule has 2 atom stereocenters. The summed E-state index contributed by atoms with van der Waals surface area (Å²) in [5.41, 5.74) is 6.90. The molecule has 0 bridgehead atoms. The zero-order chi connectivity index (χ0) is 12.8. The van der Waals surface area contributed by atoms with Crippen molar-refractivity contribution in [1.29, 1.82) is 0 Å². The van der Waals surface area contributed by atoms with E-state index in [0.29, 0.717) is 6.54 Å². The summed E-state index contributed by atoms with van der Waals surface area (Å²) in [4.78, 5) is 13.3. The van der Waals surface area contributed by atoms with Crippen molar-refractivity contribution < 1.29 is 9.90 Å². The molecular formula is C13H20N2O2. The average molecular weight is 236 g/mol. The first kappa shape index (κ1) is 13.7. The summed E-state index contributed by atoms with van der Waals surface area (Å²) >= 11 is 0. The van der Waals surface area contributed by atoms with Crippen molar-refractivity contribution in [3.63, 3.8) is 0 Å². The summed E-state index contributed by atoms with van der Waals surface area (Å²) in [6, 6.07) is 9.25. The number of nitrogens with two attached hydrogens (primary N) is 1. The van der Waals surface area contributed by atoms with E-state index < -0.39 is 6.10 Å². The summed E-state index contributed by atoms with van der Waals surface area (Å²) in [5.74, 6) is -0.0535. The number of amides is 1. The number of benzene rings is 1. The van der Waals surface area contributed by atoms with Gasteiger partial charge < -0.3 is 15.7 Å². The van der Waals surface area contributed by atoms with Crippen LogP contribution in [-0.2, 0) is 4.79 Å². The third-order valence-electron chi connectivity index (χ3n) is 2.59. The third kappa shape index (κ3) is 4.54. The molecule has 1 rings (SSSR count). The Labute approximate surface area is 102 Å². The number of hydrogen-bond donors (Lipinski definition) is 2. The van der Waals surface area contributed by atoms with Crippen LogP contribution in [0.15, 0.2) is 30.3 Å². The molecule has 17 heavy (non-hydrogen) atoms. The second-order valence-corrected chi connectivity index (χ2v) is 4.34. The molecule has 0 heterocycles. The lowest BCUT2D eigenvalue weighted by molar-refractivity contribution is -0.131. The van der Waals surface area contributed by atoms with Gasteiger partial charge in [-0.2, -0.15) is 0 Å². The van der Waals surface area contributed by atoms with Crippen LogP contribution >= 0.6 is 0 Å². The molecule has 0 saturated heterocycles. The summed E-state index contributed by atoms with van der Waals surface area (Å²) in [7, 11) is 1.67. The van der Waals surface area contributed by atoms with E-state index in [0.717, 1.165) is 5.56 Å². The van der Waals surface area contributed by atoms with Gasteiger partial charge in [-0.05, 0) is 12.5 Å². The normalized spacial score (nSPS) is 14.1. The quantitative estimate of drug-likeness (QED) is 0.798. The monoisotopic (exact) mass is 236 g/mol. The van der Waals surface area contributed by atoms with Crippen LogP contribution in [0.4, 0.5) is 0 Å². The van der Waals surface area contributed by atoms with E-state index >= 15 is 0 Å². The SMILES string of the molecule is CC(O)CN(C)C(=O)CC(N)c1ccccc1. The lowest BCUT2D eigenvalue weighted by Gasteiger charge is -2.21. The lowest BCUT2D eigenvalue weighted by Crippen LogP contribution is -2.34. The molecule has 94 valence electrons.